The highest BCUT2D eigenvalue weighted by molar-refractivity contribution is 5.22. The van der Waals surface area contributed by atoms with Gasteiger partial charge in [0.05, 0.1) is 12.6 Å². The number of likely N-dealkylation sites (tertiary alicyclic amines) is 1. The van der Waals surface area contributed by atoms with Crippen molar-refractivity contribution in [3.05, 3.63) is 47.3 Å². The highest BCUT2D eigenvalue weighted by Crippen LogP contribution is 2.39. The number of rotatable bonds is 4. The smallest absolute Gasteiger partial charge is 0.146 e. The van der Waals surface area contributed by atoms with Gasteiger partial charge >= 0.3 is 0 Å². The standard InChI is InChI=1S/C17H21FN4O/c1-21-16(19-20-17(21)11-5-6-11)10-22-9-14(23)8-15(22)12-3-2-4-13(18)7-12/h2-4,7,11,14-15,23H,5-6,8-10H2,1H3. The second kappa shape index (κ2) is 5.69. The summed E-state index contributed by atoms with van der Waals surface area (Å²) >= 11 is 0. The Morgan fingerprint density at radius 1 is 1.30 bits per heavy atom. The largest absolute Gasteiger partial charge is 0.392 e. The van der Waals surface area contributed by atoms with Crippen molar-refractivity contribution in [2.24, 2.45) is 7.05 Å². The predicted octanol–water partition coefficient (Wildman–Crippen LogP) is 2.14. The summed E-state index contributed by atoms with van der Waals surface area (Å²) in [5, 5.41) is 18.7. The van der Waals surface area contributed by atoms with E-state index in [1.165, 1.54) is 18.9 Å². The molecule has 2 aliphatic rings. The first-order chi connectivity index (χ1) is 11.1. The third kappa shape index (κ3) is 2.88. The molecule has 2 heterocycles. The molecule has 2 unspecified atom stereocenters. The van der Waals surface area contributed by atoms with E-state index in [2.05, 4.69) is 19.7 Å². The number of benzene rings is 1. The summed E-state index contributed by atoms with van der Waals surface area (Å²) in [7, 11) is 2.01. The van der Waals surface area contributed by atoms with Crippen molar-refractivity contribution in [1.82, 2.24) is 19.7 Å². The average molecular weight is 316 g/mol. The van der Waals surface area contributed by atoms with Crippen molar-refractivity contribution in [1.29, 1.82) is 0 Å². The van der Waals surface area contributed by atoms with Gasteiger partial charge in [-0.3, -0.25) is 4.90 Å². The lowest BCUT2D eigenvalue weighted by atomic mass is 10.0. The van der Waals surface area contributed by atoms with Gasteiger partial charge in [0, 0.05) is 25.6 Å². The number of aliphatic hydroxyl groups excluding tert-OH is 1. The molecule has 1 N–H and O–H groups in total. The SMILES string of the molecule is Cn1c(CN2CC(O)CC2c2cccc(F)c2)nnc1C1CC1. The number of halogens is 1. The van der Waals surface area contributed by atoms with Gasteiger partial charge in [0.15, 0.2) is 0 Å². The summed E-state index contributed by atoms with van der Waals surface area (Å²) in [5.74, 6) is 2.28. The number of aliphatic hydroxyl groups is 1. The van der Waals surface area contributed by atoms with Crippen LogP contribution >= 0.6 is 0 Å². The van der Waals surface area contributed by atoms with Gasteiger partial charge in [0.2, 0.25) is 0 Å². The maximum Gasteiger partial charge on any atom is 0.146 e. The van der Waals surface area contributed by atoms with Gasteiger partial charge in [-0.25, -0.2) is 4.39 Å². The summed E-state index contributed by atoms with van der Waals surface area (Å²) in [6, 6.07) is 6.67. The third-order valence-electron chi connectivity index (χ3n) is 4.90. The van der Waals surface area contributed by atoms with Crippen LogP contribution in [0, 0.1) is 5.82 Å². The van der Waals surface area contributed by atoms with Crippen LogP contribution in [0.25, 0.3) is 0 Å². The minimum atomic E-state index is -0.389. The lowest BCUT2D eigenvalue weighted by molar-refractivity contribution is 0.170. The van der Waals surface area contributed by atoms with E-state index in [0.717, 1.165) is 17.2 Å². The second-order valence-electron chi connectivity index (χ2n) is 6.70. The minimum Gasteiger partial charge on any atom is -0.392 e. The van der Waals surface area contributed by atoms with Gasteiger partial charge in [-0.2, -0.15) is 0 Å². The number of β-amino-alcohol motifs (C(OH)–C–C–N with tert-alkyl or cyclic N) is 1. The molecule has 1 aromatic heterocycles. The first kappa shape index (κ1) is 14.8. The Balaban J connectivity index is 1.56. The number of aromatic nitrogens is 3. The van der Waals surface area contributed by atoms with Crippen molar-refractivity contribution >= 4 is 0 Å². The Hall–Kier alpha value is -1.79. The molecule has 2 fully saturated rings. The molecular weight excluding hydrogens is 295 g/mol. The van der Waals surface area contributed by atoms with Crippen LogP contribution in [-0.2, 0) is 13.6 Å². The molecule has 1 saturated carbocycles. The molecule has 0 radical (unpaired) electrons. The fraction of sp³-hybridized carbons (Fsp3) is 0.529. The number of hydrogen-bond donors (Lipinski definition) is 1. The van der Waals surface area contributed by atoms with Crippen LogP contribution in [0.4, 0.5) is 4.39 Å². The first-order valence-electron chi connectivity index (χ1n) is 8.17. The Bertz CT molecular complexity index is 712. The van der Waals surface area contributed by atoms with Crippen molar-refractivity contribution in [2.45, 2.75) is 43.9 Å². The minimum absolute atomic E-state index is 0.0155. The molecule has 122 valence electrons. The van der Waals surface area contributed by atoms with E-state index < -0.39 is 0 Å². The quantitative estimate of drug-likeness (QED) is 0.939. The molecule has 5 nitrogen and oxygen atoms in total. The van der Waals surface area contributed by atoms with Crippen molar-refractivity contribution < 1.29 is 9.50 Å². The maximum absolute atomic E-state index is 13.5. The molecule has 0 amide bonds. The van der Waals surface area contributed by atoms with Gasteiger partial charge in [0.1, 0.15) is 17.5 Å². The topological polar surface area (TPSA) is 54.2 Å². The molecule has 0 spiro atoms. The molecule has 2 aromatic rings. The Morgan fingerprint density at radius 3 is 2.87 bits per heavy atom. The van der Waals surface area contributed by atoms with Gasteiger partial charge in [-0.15, -0.1) is 10.2 Å². The fourth-order valence-electron chi connectivity index (χ4n) is 3.51. The highest BCUT2D eigenvalue weighted by Gasteiger charge is 2.34. The van der Waals surface area contributed by atoms with Gasteiger partial charge in [-0.1, -0.05) is 12.1 Å². The van der Waals surface area contributed by atoms with Crippen LogP contribution in [0.15, 0.2) is 24.3 Å². The summed E-state index contributed by atoms with van der Waals surface area (Å²) < 4.78 is 15.6. The molecule has 0 bridgehead atoms. The molecule has 1 saturated heterocycles. The summed E-state index contributed by atoms with van der Waals surface area (Å²) in [4.78, 5) is 2.17. The summed E-state index contributed by atoms with van der Waals surface area (Å²) in [5.41, 5.74) is 0.908. The van der Waals surface area contributed by atoms with E-state index in [4.69, 9.17) is 0 Å². The molecular formula is C17H21FN4O. The Labute approximate surface area is 134 Å². The van der Waals surface area contributed by atoms with E-state index in [1.807, 2.05) is 13.1 Å². The highest BCUT2D eigenvalue weighted by atomic mass is 19.1. The predicted molar refractivity (Wildman–Crippen MR) is 83.2 cm³/mol. The van der Waals surface area contributed by atoms with E-state index in [9.17, 15) is 9.50 Å². The second-order valence-corrected chi connectivity index (χ2v) is 6.70. The van der Waals surface area contributed by atoms with Crippen molar-refractivity contribution in [2.75, 3.05) is 6.54 Å². The molecule has 23 heavy (non-hydrogen) atoms. The van der Waals surface area contributed by atoms with Gasteiger partial charge in [-0.05, 0) is 37.0 Å². The third-order valence-corrected chi connectivity index (χ3v) is 4.90. The lowest BCUT2D eigenvalue weighted by Crippen LogP contribution is -2.26. The van der Waals surface area contributed by atoms with Crippen molar-refractivity contribution in [3.63, 3.8) is 0 Å². The molecule has 4 rings (SSSR count). The normalized spacial score (nSPS) is 25.2. The fourth-order valence-corrected chi connectivity index (χ4v) is 3.51. The van der Waals surface area contributed by atoms with Gasteiger partial charge in [0.25, 0.3) is 0 Å². The zero-order valence-corrected chi connectivity index (χ0v) is 13.2. The van der Waals surface area contributed by atoms with E-state index in [0.29, 0.717) is 25.4 Å². The molecule has 1 aromatic carbocycles. The first-order valence-corrected chi connectivity index (χ1v) is 8.17. The van der Waals surface area contributed by atoms with Gasteiger partial charge < -0.3 is 9.67 Å². The molecule has 6 heteroatoms. The van der Waals surface area contributed by atoms with E-state index in [1.54, 1.807) is 12.1 Å². The molecule has 1 aliphatic carbocycles. The van der Waals surface area contributed by atoms with Crippen LogP contribution in [0.5, 0.6) is 0 Å². The zero-order valence-electron chi connectivity index (χ0n) is 13.2. The van der Waals surface area contributed by atoms with Crippen molar-refractivity contribution in [3.8, 4) is 0 Å². The summed E-state index contributed by atoms with van der Waals surface area (Å²) in [6.07, 6.45) is 2.62. The lowest BCUT2D eigenvalue weighted by Gasteiger charge is -2.24. The van der Waals surface area contributed by atoms with Crippen LogP contribution in [0.2, 0.25) is 0 Å². The van der Waals surface area contributed by atoms with E-state index in [-0.39, 0.29) is 18.0 Å². The molecule has 2 atom stereocenters. The monoisotopic (exact) mass is 316 g/mol. The summed E-state index contributed by atoms with van der Waals surface area (Å²) in [6.45, 7) is 1.20. The Kier molecular flexibility index (Phi) is 3.66. The Morgan fingerprint density at radius 2 is 2.13 bits per heavy atom. The number of nitrogens with zero attached hydrogens (tertiary/aromatic N) is 4. The van der Waals surface area contributed by atoms with E-state index >= 15 is 0 Å². The van der Waals surface area contributed by atoms with Crippen LogP contribution in [0.3, 0.4) is 0 Å². The number of hydrogen-bond acceptors (Lipinski definition) is 4. The van der Waals surface area contributed by atoms with Crippen LogP contribution in [0.1, 0.15) is 48.4 Å². The average Bonchev–Trinajstić information content (AvgIpc) is 3.21. The van der Waals surface area contributed by atoms with Crippen LogP contribution in [-0.4, -0.2) is 37.4 Å². The zero-order chi connectivity index (χ0) is 16.0. The molecule has 1 aliphatic heterocycles. The van der Waals surface area contributed by atoms with Crippen LogP contribution < -0.4 is 0 Å². The maximum atomic E-state index is 13.5.